The molecule has 7 nitrogen and oxygen atoms in total. The molecule has 1 atom stereocenters. The average Bonchev–Trinajstić information content (AvgIpc) is 3.48. The van der Waals surface area contributed by atoms with E-state index in [-0.39, 0.29) is 16.9 Å². The Kier molecular flexibility index (Phi) is 3.73. The third-order valence-corrected chi connectivity index (χ3v) is 7.15. The lowest BCUT2D eigenvalue weighted by atomic mass is 9.77. The van der Waals surface area contributed by atoms with Gasteiger partial charge in [0, 0.05) is 48.6 Å². The zero-order valence-corrected chi connectivity index (χ0v) is 17.1. The summed E-state index contributed by atoms with van der Waals surface area (Å²) >= 11 is 0. The van der Waals surface area contributed by atoms with Crippen LogP contribution in [0.4, 0.5) is 0 Å². The Morgan fingerprint density at radius 3 is 2.90 bits per heavy atom. The van der Waals surface area contributed by atoms with Crippen molar-refractivity contribution in [3.05, 3.63) is 57.5 Å². The smallest absolute Gasteiger partial charge is 0.272 e. The molecule has 2 fully saturated rings. The highest BCUT2D eigenvalue weighted by molar-refractivity contribution is 5.94. The number of nitrogens with zero attached hydrogens (tertiary/aromatic N) is 4. The molecule has 154 valence electrons. The van der Waals surface area contributed by atoms with Crippen LogP contribution in [-0.2, 0) is 18.9 Å². The first-order chi connectivity index (χ1) is 14.5. The second kappa shape index (κ2) is 6.27. The molecular weight excluding hydrogens is 378 g/mol. The van der Waals surface area contributed by atoms with Crippen LogP contribution in [0.5, 0.6) is 0 Å². The summed E-state index contributed by atoms with van der Waals surface area (Å²) in [5.41, 5.74) is 2.92. The monoisotopic (exact) mass is 403 g/mol. The molecule has 1 aliphatic heterocycles. The largest absolute Gasteiger partial charge is 0.336 e. The molecule has 4 heterocycles. The quantitative estimate of drug-likeness (QED) is 0.713. The van der Waals surface area contributed by atoms with Crippen molar-refractivity contribution in [2.75, 3.05) is 13.1 Å². The summed E-state index contributed by atoms with van der Waals surface area (Å²) in [6.07, 6.45) is 7.70. The number of piperidine rings is 1. The fourth-order valence-electron chi connectivity index (χ4n) is 5.34. The molecule has 1 saturated carbocycles. The Hall–Kier alpha value is -2.96. The summed E-state index contributed by atoms with van der Waals surface area (Å²) < 4.78 is 1.94. The zero-order chi connectivity index (χ0) is 20.5. The number of likely N-dealkylation sites (tertiary alicyclic amines) is 1. The van der Waals surface area contributed by atoms with Crippen molar-refractivity contribution < 1.29 is 4.79 Å². The highest BCUT2D eigenvalue weighted by atomic mass is 16.2. The van der Waals surface area contributed by atoms with Crippen LogP contribution < -0.4 is 5.56 Å². The molecule has 3 aliphatic rings. The minimum atomic E-state index is -0.198. The SMILES string of the molecule is Cn1ccc2ccc(C(=O)N3CCCC4(CCc5c4nc(C4CC4)[nH]c5=O)C3)nc21. The van der Waals surface area contributed by atoms with E-state index < -0.39 is 0 Å². The Morgan fingerprint density at radius 2 is 2.07 bits per heavy atom. The maximum atomic E-state index is 13.3. The van der Waals surface area contributed by atoms with Crippen molar-refractivity contribution >= 4 is 16.9 Å². The van der Waals surface area contributed by atoms with Gasteiger partial charge < -0.3 is 14.5 Å². The van der Waals surface area contributed by atoms with Gasteiger partial charge in [-0.2, -0.15) is 0 Å². The van der Waals surface area contributed by atoms with Gasteiger partial charge >= 0.3 is 0 Å². The summed E-state index contributed by atoms with van der Waals surface area (Å²) in [4.78, 5) is 40.5. The van der Waals surface area contributed by atoms with Crippen LogP contribution in [0, 0.1) is 0 Å². The minimum absolute atomic E-state index is 0.0260. The van der Waals surface area contributed by atoms with Crippen LogP contribution in [0.1, 0.15) is 65.6 Å². The number of nitrogens with one attached hydrogen (secondary N) is 1. The Bertz CT molecular complexity index is 1240. The highest BCUT2D eigenvalue weighted by Crippen LogP contribution is 2.45. The summed E-state index contributed by atoms with van der Waals surface area (Å²) in [6, 6.07) is 5.79. The van der Waals surface area contributed by atoms with Crippen molar-refractivity contribution in [3.8, 4) is 0 Å². The van der Waals surface area contributed by atoms with Crippen molar-refractivity contribution in [3.63, 3.8) is 0 Å². The number of hydrogen-bond acceptors (Lipinski definition) is 4. The van der Waals surface area contributed by atoms with E-state index >= 15 is 0 Å². The number of amides is 1. The van der Waals surface area contributed by atoms with Crippen molar-refractivity contribution in [1.29, 1.82) is 0 Å². The van der Waals surface area contributed by atoms with E-state index in [2.05, 4.69) is 9.97 Å². The maximum Gasteiger partial charge on any atom is 0.272 e. The number of aryl methyl sites for hydroxylation is 1. The molecule has 2 aliphatic carbocycles. The molecule has 1 N–H and O–H groups in total. The first-order valence-electron chi connectivity index (χ1n) is 10.9. The molecule has 1 amide bonds. The van der Waals surface area contributed by atoms with Crippen LogP contribution in [0.15, 0.2) is 29.2 Å². The third-order valence-electron chi connectivity index (χ3n) is 7.15. The van der Waals surface area contributed by atoms with Gasteiger partial charge in [0.2, 0.25) is 0 Å². The van der Waals surface area contributed by atoms with E-state index in [4.69, 9.17) is 4.98 Å². The van der Waals surface area contributed by atoms with E-state index in [1.165, 1.54) is 0 Å². The molecular formula is C23H25N5O2. The van der Waals surface area contributed by atoms with Gasteiger partial charge in [0.05, 0.1) is 5.69 Å². The second-order valence-electron chi connectivity index (χ2n) is 9.20. The number of pyridine rings is 1. The number of aromatic nitrogens is 4. The number of H-pyrrole nitrogens is 1. The lowest BCUT2D eigenvalue weighted by Gasteiger charge is -2.40. The van der Waals surface area contributed by atoms with Gasteiger partial charge in [-0.25, -0.2) is 9.97 Å². The van der Waals surface area contributed by atoms with Crippen LogP contribution in [0.25, 0.3) is 11.0 Å². The molecule has 1 unspecified atom stereocenters. The number of carbonyl (C=O) groups excluding carboxylic acids is 1. The normalized spacial score (nSPS) is 23.3. The molecule has 30 heavy (non-hydrogen) atoms. The average molecular weight is 403 g/mol. The van der Waals surface area contributed by atoms with E-state index in [1.54, 1.807) is 0 Å². The fraction of sp³-hybridized carbons (Fsp3) is 0.478. The minimum Gasteiger partial charge on any atom is -0.336 e. The summed E-state index contributed by atoms with van der Waals surface area (Å²) in [7, 11) is 1.94. The van der Waals surface area contributed by atoms with Gasteiger partial charge in [0.1, 0.15) is 17.2 Å². The van der Waals surface area contributed by atoms with E-state index in [0.29, 0.717) is 18.2 Å². The predicted molar refractivity (Wildman–Crippen MR) is 113 cm³/mol. The van der Waals surface area contributed by atoms with Crippen LogP contribution in [-0.4, -0.2) is 43.4 Å². The number of hydrogen-bond donors (Lipinski definition) is 1. The lowest BCUT2D eigenvalue weighted by molar-refractivity contribution is 0.0627. The molecule has 3 aromatic rings. The number of aromatic amines is 1. The summed E-state index contributed by atoms with van der Waals surface area (Å²) in [5, 5.41) is 1.03. The zero-order valence-electron chi connectivity index (χ0n) is 17.1. The lowest BCUT2D eigenvalue weighted by Crippen LogP contribution is -2.48. The number of rotatable bonds is 2. The standard InChI is InChI=1S/C23H25N5O2/c1-27-12-8-15-5-6-17(24-20(15)27)22(30)28-11-2-9-23(13-28)10-7-16-18(23)25-19(14-3-4-14)26-21(16)29/h5-6,8,12,14H,2-4,7,9-11,13H2,1H3,(H,25,26,29). The number of fused-ring (bicyclic) bond motifs is 3. The molecule has 7 heteroatoms. The Morgan fingerprint density at radius 1 is 1.20 bits per heavy atom. The molecule has 6 rings (SSSR count). The molecule has 1 saturated heterocycles. The van der Waals surface area contributed by atoms with E-state index in [9.17, 15) is 9.59 Å². The van der Waals surface area contributed by atoms with Gasteiger partial charge in [-0.3, -0.25) is 9.59 Å². The van der Waals surface area contributed by atoms with Crippen LogP contribution in [0.3, 0.4) is 0 Å². The topological polar surface area (TPSA) is 83.9 Å². The van der Waals surface area contributed by atoms with E-state index in [1.807, 2.05) is 40.9 Å². The van der Waals surface area contributed by atoms with Gasteiger partial charge in [-0.15, -0.1) is 0 Å². The van der Waals surface area contributed by atoms with Gasteiger partial charge in [0.15, 0.2) is 0 Å². The third kappa shape index (κ3) is 2.64. The maximum absolute atomic E-state index is 13.3. The van der Waals surface area contributed by atoms with Crippen molar-refractivity contribution in [1.82, 2.24) is 24.4 Å². The summed E-state index contributed by atoms with van der Waals surface area (Å²) in [6.45, 7) is 1.34. The summed E-state index contributed by atoms with van der Waals surface area (Å²) in [5.74, 6) is 1.22. The van der Waals surface area contributed by atoms with Gasteiger partial charge in [-0.05, 0) is 56.7 Å². The first kappa shape index (κ1) is 17.9. The van der Waals surface area contributed by atoms with Crippen LogP contribution in [0.2, 0.25) is 0 Å². The second-order valence-corrected chi connectivity index (χ2v) is 9.20. The molecule has 0 radical (unpaired) electrons. The Labute approximate surface area is 174 Å². The fourth-order valence-corrected chi connectivity index (χ4v) is 5.34. The molecule has 0 bridgehead atoms. The highest BCUT2D eigenvalue weighted by Gasteiger charge is 2.46. The molecule has 3 aromatic heterocycles. The van der Waals surface area contributed by atoms with Crippen molar-refractivity contribution in [2.24, 2.45) is 7.05 Å². The van der Waals surface area contributed by atoms with Crippen LogP contribution >= 0.6 is 0 Å². The molecule has 0 aromatic carbocycles. The van der Waals surface area contributed by atoms with E-state index in [0.717, 1.165) is 73.2 Å². The van der Waals surface area contributed by atoms with Gasteiger partial charge in [-0.1, -0.05) is 0 Å². The number of carbonyl (C=O) groups is 1. The van der Waals surface area contributed by atoms with Crippen molar-refractivity contribution in [2.45, 2.75) is 49.9 Å². The molecule has 1 spiro atoms. The van der Waals surface area contributed by atoms with Gasteiger partial charge in [0.25, 0.3) is 11.5 Å². The predicted octanol–water partition coefficient (Wildman–Crippen LogP) is 2.65. The first-order valence-corrected chi connectivity index (χ1v) is 10.9. The Balaban J connectivity index is 1.34.